The van der Waals surface area contributed by atoms with Crippen molar-refractivity contribution >= 4 is 184 Å². The Morgan fingerprint density at radius 2 is 0.633 bits per heavy atom. The van der Waals surface area contributed by atoms with Crippen molar-refractivity contribution in [3.63, 3.8) is 0 Å². The van der Waals surface area contributed by atoms with Gasteiger partial charge in [-0.15, -0.1) is 0 Å². The molecule has 0 spiro atoms. The standard InChI is InChI=1S/3C6H3I2O.Bi.2BrH/c3*7-4-2-1-3-5(8)6(4)9;;;/h3*2-3,9H;;2*1H/q;;;+2;;/p-2. The average Bonchev–Trinajstić information content (AvgIpc) is 2.67. The molecule has 3 rings (SSSR count). The Labute approximate surface area is 268 Å². The molecule has 0 saturated heterocycles. The fraction of sp³-hybridized carbons (Fsp3) is 0. The van der Waals surface area contributed by atoms with Gasteiger partial charge in [0, 0.05) is 0 Å². The SMILES string of the molecule is Oc1c(I)c[c]([Bi]([Br])([Br])([c]2cc(I)c(O)c(I)c2)[c]2cc(I)c(O)c(I)c2)cc1I. The Balaban J connectivity index is 2.53. The van der Waals surface area contributed by atoms with Crippen LogP contribution in [0.2, 0.25) is 0 Å². The van der Waals surface area contributed by atoms with Crippen molar-refractivity contribution < 1.29 is 15.3 Å². The molecular weight excluding hydrogens is 1390 g/mol. The number of rotatable bonds is 3. The molecule has 0 amide bonds. The van der Waals surface area contributed by atoms with Crippen molar-refractivity contribution in [2.75, 3.05) is 0 Å². The summed E-state index contributed by atoms with van der Waals surface area (Å²) in [7, 11) is 0. The van der Waals surface area contributed by atoms with E-state index in [0.29, 0.717) is 0 Å². The van der Waals surface area contributed by atoms with E-state index in [1.165, 1.54) is 0 Å². The van der Waals surface area contributed by atoms with Crippen molar-refractivity contribution in [3.05, 3.63) is 57.8 Å². The van der Waals surface area contributed by atoms with Gasteiger partial charge in [-0.1, -0.05) is 0 Å². The fourth-order valence-electron chi connectivity index (χ4n) is 2.78. The Kier molecular flexibility index (Phi) is 9.60. The first-order valence-corrected chi connectivity index (χ1v) is 34.5. The predicted octanol–water partition coefficient (Wildman–Crippen LogP) is 6.64. The topological polar surface area (TPSA) is 60.7 Å². The van der Waals surface area contributed by atoms with Gasteiger partial charge in [0.15, 0.2) is 0 Å². The molecule has 160 valence electrons. The van der Waals surface area contributed by atoms with Crippen LogP contribution in [-0.4, -0.2) is 29.4 Å². The van der Waals surface area contributed by atoms with Crippen LogP contribution >= 0.6 is 160 Å². The Hall–Kier alpha value is 3.28. The van der Waals surface area contributed by atoms with E-state index >= 15 is 0 Å². The second-order valence-electron chi connectivity index (χ2n) is 6.18. The van der Waals surface area contributed by atoms with Crippen LogP contribution in [0.3, 0.4) is 0 Å². The average molecular weight is 1400 g/mol. The number of aromatic hydroxyl groups is 3. The van der Waals surface area contributed by atoms with Crippen molar-refractivity contribution in [2.24, 2.45) is 0 Å². The summed E-state index contributed by atoms with van der Waals surface area (Å²) in [6.07, 6.45) is 0. The molecule has 0 fully saturated rings. The summed E-state index contributed by atoms with van der Waals surface area (Å²) in [5.74, 6) is 0.799. The second kappa shape index (κ2) is 10.3. The van der Waals surface area contributed by atoms with E-state index in [4.69, 9.17) is 0 Å². The molecule has 0 aromatic heterocycles. The van der Waals surface area contributed by atoms with Gasteiger partial charge >= 0.3 is 274 Å². The zero-order valence-corrected chi connectivity index (χ0v) is 33.9. The molecule has 12 heteroatoms. The van der Waals surface area contributed by atoms with Crippen LogP contribution < -0.4 is 9.81 Å². The molecule has 0 saturated carbocycles. The molecule has 30 heavy (non-hydrogen) atoms. The van der Waals surface area contributed by atoms with E-state index in [-0.39, 0.29) is 17.2 Å². The predicted molar refractivity (Wildman–Crippen MR) is 183 cm³/mol. The van der Waals surface area contributed by atoms with Crippen LogP contribution in [0.1, 0.15) is 0 Å². The molecule has 0 atom stereocenters. The summed E-state index contributed by atoms with van der Waals surface area (Å²) in [4.78, 5) is 0. The van der Waals surface area contributed by atoms with Gasteiger partial charge in [-0.3, -0.25) is 0 Å². The van der Waals surface area contributed by atoms with Crippen molar-refractivity contribution in [1.29, 1.82) is 0 Å². The van der Waals surface area contributed by atoms with Crippen LogP contribution in [0.4, 0.5) is 0 Å². The van der Waals surface area contributed by atoms with E-state index in [0.717, 1.165) is 31.2 Å². The van der Waals surface area contributed by atoms with E-state index in [1.807, 2.05) is 36.4 Å². The number of phenols is 3. The van der Waals surface area contributed by atoms with Gasteiger partial charge in [-0.2, -0.15) is 0 Å². The Morgan fingerprint density at radius 1 is 0.467 bits per heavy atom. The molecule has 0 radical (unpaired) electrons. The molecule has 3 aromatic rings. The summed E-state index contributed by atoms with van der Waals surface area (Å²) in [5.41, 5.74) is 0. The summed E-state index contributed by atoms with van der Waals surface area (Å²) in [6, 6.07) is 12.0. The van der Waals surface area contributed by atoms with Crippen LogP contribution in [0, 0.1) is 21.4 Å². The van der Waals surface area contributed by atoms with E-state index in [2.05, 4.69) is 160 Å². The van der Waals surface area contributed by atoms with Gasteiger partial charge in [0.2, 0.25) is 0 Å². The third-order valence-electron chi connectivity index (χ3n) is 4.37. The maximum absolute atomic E-state index is 10.4. The molecule has 3 N–H and O–H groups in total. The zero-order valence-electron chi connectivity index (χ0n) is 14.3. The number of halogens is 8. The molecule has 0 aliphatic rings. The Bertz CT molecular complexity index is 989. The summed E-state index contributed by atoms with van der Waals surface area (Å²) >= 11 is 16.8. The summed E-state index contributed by atoms with van der Waals surface area (Å²) in [5, 5.41) is 31.1. The minimum absolute atomic E-state index is 0.266. The zero-order chi connectivity index (χ0) is 22.6. The minimum atomic E-state index is -4.63. The van der Waals surface area contributed by atoms with Crippen molar-refractivity contribution in [1.82, 2.24) is 0 Å². The van der Waals surface area contributed by atoms with E-state index in [9.17, 15) is 15.3 Å². The van der Waals surface area contributed by atoms with Gasteiger partial charge in [0.25, 0.3) is 0 Å². The molecule has 0 aliphatic heterocycles. The third kappa shape index (κ3) is 5.06. The normalized spacial score (nSPS) is 13.1. The molecule has 3 nitrogen and oxygen atoms in total. The molecule has 3 aromatic carbocycles. The molecule has 0 unspecified atom stereocenters. The van der Waals surface area contributed by atoms with Gasteiger partial charge in [0.1, 0.15) is 0 Å². The molecule has 0 aliphatic carbocycles. The van der Waals surface area contributed by atoms with Crippen LogP contribution in [-0.2, 0) is 0 Å². The first kappa shape index (κ1) is 27.9. The third-order valence-corrected chi connectivity index (χ3v) is 44.4. The number of hydrogen-bond acceptors (Lipinski definition) is 3. The van der Waals surface area contributed by atoms with Gasteiger partial charge in [-0.25, -0.2) is 0 Å². The van der Waals surface area contributed by atoms with Crippen LogP contribution in [0.25, 0.3) is 0 Å². The maximum atomic E-state index is 10.4. The van der Waals surface area contributed by atoms with E-state index in [1.54, 1.807) is 0 Å². The first-order chi connectivity index (χ1) is 13.8. The molecule has 0 heterocycles. The van der Waals surface area contributed by atoms with Gasteiger partial charge < -0.3 is 0 Å². The van der Waals surface area contributed by atoms with E-state index < -0.39 is 14.1 Å². The fourth-order valence-corrected chi connectivity index (χ4v) is 36.7. The molecule has 0 bridgehead atoms. The second-order valence-corrected chi connectivity index (χ2v) is 59.5. The first-order valence-electron chi connectivity index (χ1n) is 7.78. The summed E-state index contributed by atoms with van der Waals surface area (Å²) < 4.78 is 7.76. The van der Waals surface area contributed by atoms with Gasteiger partial charge in [-0.05, 0) is 0 Å². The van der Waals surface area contributed by atoms with Gasteiger partial charge in [0.05, 0.1) is 0 Å². The van der Waals surface area contributed by atoms with Crippen molar-refractivity contribution in [2.45, 2.75) is 0 Å². The Morgan fingerprint density at radius 3 is 0.800 bits per heavy atom. The quantitative estimate of drug-likeness (QED) is 0.204. The monoisotopic (exact) mass is 1400 g/mol. The van der Waals surface area contributed by atoms with Crippen LogP contribution in [0.5, 0.6) is 17.2 Å². The molecular formula is C18H9BiBr2I6O3. The number of benzene rings is 3. The van der Waals surface area contributed by atoms with Crippen molar-refractivity contribution in [3.8, 4) is 17.2 Å². The number of hydrogen-bond donors (Lipinski definition) is 3. The summed E-state index contributed by atoms with van der Waals surface area (Å²) in [6.45, 7) is 0. The number of phenolic OH excluding ortho intramolecular Hbond substituents is 3. The van der Waals surface area contributed by atoms with Crippen LogP contribution in [0.15, 0.2) is 36.4 Å².